The smallest absolute Gasteiger partial charge is 0.253 e. The van der Waals surface area contributed by atoms with E-state index in [1.165, 1.54) is 12.8 Å². The van der Waals surface area contributed by atoms with E-state index in [2.05, 4.69) is 10.6 Å². The van der Waals surface area contributed by atoms with Crippen molar-refractivity contribution >= 4 is 28.5 Å². The molecule has 8 nitrogen and oxygen atoms in total. The van der Waals surface area contributed by atoms with Gasteiger partial charge in [-0.2, -0.15) is 0 Å². The molecule has 3 heterocycles. The molecule has 2 fully saturated rings. The number of anilines is 1. The second-order valence-corrected chi connectivity index (χ2v) is 9.41. The lowest BCUT2D eigenvalue weighted by Gasteiger charge is -2.13. The molecule has 2 aliphatic rings. The number of furan rings is 1. The van der Waals surface area contributed by atoms with Gasteiger partial charge in [-0.25, -0.2) is 4.98 Å². The summed E-state index contributed by atoms with van der Waals surface area (Å²) in [7, 11) is 1.92. The second kappa shape index (κ2) is 10.0. The molecule has 2 N–H and O–H groups in total. The second-order valence-electron chi connectivity index (χ2n) is 9.41. The molecule has 0 unspecified atom stereocenters. The summed E-state index contributed by atoms with van der Waals surface area (Å²) in [5.74, 6) is 1.87. The van der Waals surface area contributed by atoms with Gasteiger partial charge in [0, 0.05) is 38.7 Å². The van der Waals surface area contributed by atoms with Crippen molar-refractivity contribution in [2.24, 2.45) is 13.0 Å². The first kappa shape index (κ1) is 22.7. The van der Waals surface area contributed by atoms with Crippen LogP contribution < -0.4 is 10.6 Å². The molecule has 1 saturated heterocycles. The van der Waals surface area contributed by atoms with Gasteiger partial charge in [0.15, 0.2) is 0 Å². The lowest BCUT2D eigenvalue weighted by Crippen LogP contribution is -2.26. The molecule has 8 heteroatoms. The monoisotopic (exact) mass is 464 g/mol. The summed E-state index contributed by atoms with van der Waals surface area (Å²) in [6.45, 7) is 1.17. The lowest BCUT2D eigenvalue weighted by atomic mass is 10.0. The van der Waals surface area contributed by atoms with E-state index in [-0.39, 0.29) is 17.9 Å². The van der Waals surface area contributed by atoms with Crippen LogP contribution in [0.4, 0.5) is 5.69 Å². The molecule has 0 radical (unpaired) electrons. The Kier molecular flexibility index (Phi) is 6.67. The number of hydrogen-bond donors (Lipinski definition) is 2. The first-order valence-corrected chi connectivity index (χ1v) is 12.3. The molecule has 34 heavy (non-hydrogen) atoms. The van der Waals surface area contributed by atoms with Gasteiger partial charge in [0.05, 0.1) is 22.9 Å². The highest BCUT2D eigenvalue weighted by atomic mass is 16.5. The Hall–Kier alpha value is -3.13. The minimum absolute atomic E-state index is 0.00860. The summed E-state index contributed by atoms with van der Waals surface area (Å²) < 4.78 is 13.2. The average Bonchev–Trinajstić information content (AvgIpc) is 3.62. The number of ether oxygens (including phenoxy) is 1. The van der Waals surface area contributed by atoms with Crippen molar-refractivity contribution in [1.29, 1.82) is 0 Å². The average molecular weight is 465 g/mol. The Bertz CT molecular complexity index is 1160. The van der Waals surface area contributed by atoms with Crippen molar-refractivity contribution in [2.75, 3.05) is 18.5 Å². The van der Waals surface area contributed by atoms with Crippen LogP contribution in [0.25, 0.3) is 11.0 Å². The lowest BCUT2D eigenvalue weighted by molar-refractivity contribution is -0.117. The topological polar surface area (TPSA) is 98.4 Å². The normalized spacial score (nSPS) is 18.6. The summed E-state index contributed by atoms with van der Waals surface area (Å²) in [6, 6.07) is 7.35. The van der Waals surface area contributed by atoms with E-state index in [0.29, 0.717) is 42.1 Å². The number of amides is 2. The highest BCUT2D eigenvalue weighted by molar-refractivity contribution is 6.07. The fourth-order valence-electron chi connectivity index (χ4n) is 5.22. The molecule has 2 amide bonds. The van der Waals surface area contributed by atoms with E-state index in [0.717, 1.165) is 49.4 Å². The highest BCUT2D eigenvalue weighted by Gasteiger charge is 2.26. The van der Waals surface area contributed by atoms with Crippen LogP contribution in [0.15, 0.2) is 34.9 Å². The number of aryl methyl sites for hydroxylation is 1. The Morgan fingerprint density at radius 1 is 1.18 bits per heavy atom. The predicted octanol–water partition coefficient (Wildman–Crippen LogP) is 4.51. The number of aromatic nitrogens is 2. The molecular weight excluding hydrogens is 432 g/mol. The van der Waals surface area contributed by atoms with Crippen molar-refractivity contribution in [3.05, 3.63) is 47.7 Å². The van der Waals surface area contributed by atoms with Gasteiger partial charge < -0.3 is 24.4 Å². The van der Waals surface area contributed by atoms with E-state index in [4.69, 9.17) is 14.1 Å². The van der Waals surface area contributed by atoms with Crippen LogP contribution in [-0.2, 0) is 23.0 Å². The molecular formula is C26H32N4O4. The summed E-state index contributed by atoms with van der Waals surface area (Å²) in [5.41, 5.74) is 2.52. The van der Waals surface area contributed by atoms with Crippen molar-refractivity contribution in [2.45, 2.75) is 57.5 Å². The molecule has 1 atom stereocenters. The molecule has 1 aliphatic heterocycles. The fraction of sp³-hybridized carbons (Fsp3) is 0.500. The third kappa shape index (κ3) is 4.87. The molecule has 3 aromatic rings. The molecule has 1 aliphatic carbocycles. The number of imidazole rings is 1. The molecule has 5 rings (SSSR count). The molecule has 180 valence electrons. The van der Waals surface area contributed by atoms with Crippen LogP contribution >= 0.6 is 0 Å². The van der Waals surface area contributed by atoms with E-state index >= 15 is 0 Å². The van der Waals surface area contributed by atoms with E-state index in [1.54, 1.807) is 12.3 Å². The van der Waals surface area contributed by atoms with Gasteiger partial charge in [0.25, 0.3) is 5.91 Å². The molecule has 1 aromatic carbocycles. The third-order valence-corrected chi connectivity index (χ3v) is 6.94. The molecule has 0 spiro atoms. The number of nitrogens with zero attached hydrogens (tertiary/aromatic N) is 2. The van der Waals surface area contributed by atoms with E-state index < -0.39 is 0 Å². The maximum Gasteiger partial charge on any atom is 0.253 e. The third-order valence-electron chi connectivity index (χ3n) is 6.94. The summed E-state index contributed by atoms with van der Waals surface area (Å²) in [5, 5.41) is 6.01. The van der Waals surface area contributed by atoms with Gasteiger partial charge in [0.2, 0.25) is 5.91 Å². The van der Waals surface area contributed by atoms with Gasteiger partial charge in [-0.3, -0.25) is 9.59 Å². The number of carbonyl (C=O) groups excluding carboxylic acids is 2. The zero-order valence-corrected chi connectivity index (χ0v) is 19.6. The Morgan fingerprint density at radius 2 is 2.03 bits per heavy atom. The first-order chi connectivity index (χ1) is 16.6. The summed E-state index contributed by atoms with van der Waals surface area (Å²) in [6.07, 6.45) is 9.20. The van der Waals surface area contributed by atoms with Crippen LogP contribution in [0.1, 0.15) is 73.0 Å². The van der Waals surface area contributed by atoms with E-state index in [9.17, 15) is 9.59 Å². The number of fused-ring (bicyclic) bond motifs is 1. The Balaban J connectivity index is 1.41. The van der Waals surface area contributed by atoms with Crippen LogP contribution in [-0.4, -0.2) is 34.5 Å². The summed E-state index contributed by atoms with van der Waals surface area (Å²) >= 11 is 0. The van der Waals surface area contributed by atoms with Crippen LogP contribution in [0, 0.1) is 5.92 Å². The Morgan fingerprint density at radius 3 is 2.76 bits per heavy atom. The van der Waals surface area contributed by atoms with Gasteiger partial charge in [0.1, 0.15) is 17.7 Å². The van der Waals surface area contributed by atoms with Crippen molar-refractivity contribution < 1.29 is 18.7 Å². The number of carbonyl (C=O) groups is 2. The largest absolute Gasteiger partial charge is 0.469 e. The summed E-state index contributed by atoms with van der Waals surface area (Å²) in [4.78, 5) is 30.8. The van der Waals surface area contributed by atoms with Crippen molar-refractivity contribution in [1.82, 2.24) is 14.9 Å². The minimum Gasteiger partial charge on any atom is -0.469 e. The molecule has 2 aromatic heterocycles. The Labute approximate surface area is 199 Å². The van der Waals surface area contributed by atoms with Crippen LogP contribution in [0.2, 0.25) is 0 Å². The van der Waals surface area contributed by atoms with Gasteiger partial charge >= 0.3 is 0 Å². The highest BCUT2D eigenvalue weighted by Crippen LogP contribution is 2.33. The van der Waals surface area contributed by atoms with E-state index in [1.807, 2.05) is 29.8 Å². The molecule has 0 bridgehead atoms. The predicted molar refractivity (Wildman–Crippen MR) is 129 cm³/mol. The number of benzene rings is 1. The van der Waals surface area contributed by atoms with Crippen molar-refractivity contribution in [3.8, 4) is 0 Å². The minimum atomic E-state index is -0.203. The van der Waals surface area contributed by atoms with Crippen LogP contribution in [0.3, 0.4) is 0 Å². The van der Waals surface area contributed by atoms with Gasteiger partial charge in [-0.05, 0) is 55.9 Å². The number of rotatable bonds is 8. The quantitative estimate of drug-likeness (QED) is 0.511. The number of hydrogen-bond acceptors (Lipinski definition) is 5. The zero-order valence-electron chi connectivity index (χ0n) is 19.6. The standard InChI is InChI=1S/C26H32N4O4/c1-30-24-20(26(32)27-11-10-19-8-4-12-33-19)15-18(28-23(31)14-17-6-2-3-7-17)16-21(24)29-25(30)22-9-5-13-34-22/h4,8,12,15-17,22H,2-3,5-7,9-11,13-14H2,1H3,(H,27,32)(H,28,31)/t22-/m0/s1. The van der Waals surface area contributed by atoms with Crippen LogP contribution in [0.5, 0.6) is 0 Å². The van der Waals surface area contributed by atoms with Gasteiger partial charge in [-0.15, -0.1) is 0 Å². The zero-order chi connectivity index (χ0) is 23.5. The SMILES string of the molecule is Cn1c([C@@H]2CCCO2)nc2cc(NC(=O)CC3CCCC3)cc(C(=O)NCCc3ccco3)c21. The molecule has 1 saturated carbocycles. The fourth-order valence-corrected chi connectivity index (χ4v) is 5.22. The van der Waals surface area contributed by atoms with Gasteiger partial charge in [-0.1, -0.05) is 12.8 Å². The first-order valence-electron chi connectivity index (χ1n) is 12.3. The number of nitrogens with one attached hydrogen (secondary N) is 2. The van der Waals surface area contributed by atoms with Crippen molar-refractivity contribution in [3.63, 3.8) is 0 Å². The maximum atomic E-state index is 13.3. The maximum absolute atomic E-state index is 13.3.